The van der Waals surface area contributed by atoms with Gasteiger partial charge in [0.15, 0.2) is 22.9 Å². The normalized spacial score (nSPS) is 15.1. The first-order valence-electron chi connectivity index (χ1n) is 10.5. The third-order valence-corrected chi connectivity index (χ3v) is 5.94. The Morgan fingerprint density at radius 1 is 1.09 bits per heavy atom. The molecule has 2 aromatic carbocycles. The molecule has 2 unspecified atom stereocenters. The molecule has 2 heterocycles. The Bertz CT molecular complexity index is 1360. The minimum atomic E-state index is -2.83. The highest BCUT2D eigenvalue weighted by atomic mass is 19.2. The van der Waals surface area contributed by atoms with E-state index in [1.165, 1.54) is 22.8 Å². The van der Waals surface area contributed by atoms with Crippen LogP contribution in [0.1, 0.15) is 18.9 Å². The Hall–Kier alpha value is -3.73. The van der Waals surface area contributed by atoms with Crippen molar-refractivity contribution in [2.75, 3.05) is 19.0 Å². The van der Waals surface area contributed by atoms with Gasteiger partial charge in [-0.2, -0.15) is 4.98 Å². The summed E-state index contributed by atoms with van der Waals surface area (Å²) in [6, 6.07) is 9.10. The van der Waals surface area contributed by atoms with Crippen LogP contribution in [-0.4, -0.2) is 38.7 Å². The van der Waals surface area contributed by atoms with Gasteiger partial charge in [0.05, 0.1) is 12.2 Å². The molecule has 184 valence electrons. The Morgan fingerprint density at radius 3 is 2.49 bits per heavy atom. The molecule has 0 bridgehead atoms. The number of rotatable bonds is 8. The summed E-state index contributed by atoms with van der Waals surface area (Å²) in [7, 11) is 0. The summed E-state index contributed by atoms with van der Waals surface area (Å²) in [4.78, 5) is 3.95. The molecular formula is C24H21F5N4O2. The van der Waals surface area contributed by atoms with E-state index < -0.39 is 59.7 Å². The Kier molecular flexibility index (Phi) is 6.37. The second kappa shape index (κ2) is 9.14. The number of benzene rings is 2. The van der Waals surface area contributed by atoms with Crippen LogP contribution in [0.2, 0.25) is 0 Å². The summed E-state index contributed by atoms with van der Waals surface area (Å²) in [5.41, 5.74) is 0.310. The lowest BCUT2D eigenvalue weighted by molar-refractivity contribution is -0.116. The quantitative estimate of drug-likeness (QED) is 0.347. The largest absolute Gasteiger partial charge is 0.490 e. The van der Waals surface area contributed by atoms with Crippen molar-refractivity contribution in [1.82, 2.24) is 14.6 Å². The number of aliphatic hydroxyl groups is 1. The monoisotopic (exact) mass is 492 g/mol. The van der Waals surface area contributed by atoms with Gasteiger partial charge in [-0.3, -0.25) is 0 Å². The number of pyridine rings is 1. The number of nitrogens with zero attached hydrogens (tertiary/aromatic N) is 3. The maximum Gasteiger partial charge on any atom is 0.240 e. The number of fused-ring (bicyclic) bond motifs is 1. The minimum absolute atomic E-state index is 0.0146. The van der Waals surface area contributed by atoms with E-state index in [0.29, 0.717) is 0 Å². The molecule has 0 fully saturated rings. The van der Waals surface area contributed by atoms with E-state index in [1.54, 1.807) is 0 Å². The van der Waals surface area contributed by atoms with E-state index in [1.807, 2.05) is 0 Å². The fraction of sp³-hybridized carbons (Fsp3) is 0.250. The lowest BCUT2D eigenvalue weighted by Gasteiger charge is -2.37. The van der Waals surface area contributed by atoms with Crippen molar-refractivity contribution in [2.45, 2.75) is 24.6 Å². The fourth-order valence-electron chi connectivity index (χ4n) is 3.76. The number of nitrogen functional groups attached to an aromatic ring is 1. The van der Waals surface area contributed by atoms with Crippen LogP contribution >= 0.6 is 0 Å². The van der Waals surface area contributed by atoms with Gasteiger partial charge >= 0.3 is 0 Å². The van der Waals surface area contributed by atoms with Crippen LogP contribution in [0.15, 0.2) is 54.7 Å². The van der Waals surface area contributed by atoms with E-state index in [9.17, 15) is 18.3 Å². The second-order valence-corrected chi connectivity index (χ2v) is 8.20. The summed E-state index contributed by atoms with van der Waals surface area (Å²) >= 11 is 0. The minimum Gasteiger partial charge on any atom is -0.490 e. The molecule has 3 N–H and O–H groups in total. The zero-order valence-corrected chi connectivity index (χ0v) is 18.5. The number of aromatic nitrogens is 3. The first kappa shape index (κ1) is 24.4. The van der Waals surface area contributed by atoms with Crippen molar-refractivity contribution in [3.8, 4) is 16.9 Å². The van der Waals surface area contributed by atoms with Crippen molar-refractivity contribution < 1.29 is 31.8 Å². The van der Waals surface area contributed by atoms with Crippen LogP contribution in [0.25, 0.3) is 16.8 Å². The van der Waals surface area contributed by atoms with Crippen molar-refractivity contribution in [3.05, 3.63) is 77.7 Å². The molecule has 0 aliphatic heterocycles. The van der Waals surface area contributed by atoms with Crippen LogP contribution in [-0.2, 0) is 5.60 Å². The van der Waals surface area contributed by atoms with E-state index in [0.717, 1.165) is 43.3 Å². The predicted molar refractivity (Wildman–Crippen MR) is 119 cm³/mol. The maximum atomic E-state index is 15.5. The van der Waals surface area contributed by atoms with E-state index in [2.05, 4.69) is 10.1 Å². The van der Waals surface area contributed by atoms with E-state index in [4.69, 9.17) is 10.5 Å². The van der Waals surface area contributed by atoms with Crippen molar-refractivity contribution in [1.29, 1.82) is 0 Å². The lowest BCUT2D eigenvalue weighted by Crippen LogP contribution is -2.49. The number of nitrogens with two attached hydrogens (primary N) is 1. The predicted octanol–water partition coefficient (Wildman–Crippen LogP) is 4.75. The van der Waals surface area contributed by atoms with Crippen molar-refractivity contribution in [3.63, 3.8) is 0 Å². The lowest BCUT2D eigenvalue weighted by atomic mass is 9.79. The molecule has 4 aromatic rings. The summed E-state index contributed by atoms with van der Waals surface area (Å²) < 4.78 is 78.8. The van der Waals surface area contributed by atoms with Gasteiger partial charge in [0.25, 0.3) is 0 Å². The summed E-state index contributed by atoms with van der Waals surface area (Å²) in [6.45, 7) is -1.07. The van der Waals surface area contributed by atoms with E-state index in [-0.39, 0.29) is 22.7 Å². The standard InChI is InChI=1S/C24H21F5N4O2/c1-23(34,15-2-4-16(26)5-3-15)24(29,13-25)9-11-35-18-7-6-17(27)20(21(18)28)14-8-10-33-19(12-14)31-22(30)32-33/h2-8,10,12,34H,9,11,13H2,1H3,(H2,30,32). The Morgan fingerprint density at radius 2 is 1.80 bits per heavy atom. The molecule has 35 heavy (non-hydrogen) atoms. The first-order valence-corrected chi connectivity index (χ1v) is 10.5. The topological polar surface area (TPSA) is 85.7 Å². The molecule has 6 nitrogen and oxygen atoms in total. The molecule has 0 spiro atoms. The average Bonchev–Trinajstić information content (AvgIpc) is 3.20. The number of hydrogen-bond donors (Lipinski definition) is 2. The molecule has 0 aliphatic carbocycles. The van der Waals surface area contributed by atoms with Gasteiger partial charge in [-0.1, -0.05) is 12.1 Å². The van der Waals surface area contributed by atoms with Gasteiger partial charge < -0.3 is 15.6 Å². The molecule has 11 heteroatoms. The first-order chi connectivity index (χ1) is 16.6. The van der Waals surface area contributed by atoms with Crippen LogP contribution in [0.4, 0.5) is 27.9 Å². The van der Waals surface area contributed by atoms with Crippen LogP contribution in [0, 0.1) is 17.5 Å². The summed E-state index contributed by atoms with van der Waals surface area (Å²) in [6.07, 6.45) is 0.752. The maximum absolute atomic E-state index is 15.5. The summed E-state index contributed by atoms with van der Waals surface area (Å²) in [5, 5.41) is 14.6. The number of hydrogen-bond acceptors (Lipinski definition) is 5. The summed E-state index contributed by atoms with van der Waals surface area (Å²) in [5.74, 6) is -2.96. The fourth-order valence-corrected chi connectivity index (χ4v) is 3.76. The Balaban J connectivity index is 1.56. The molecule has 2 aromatic heterocycles. The van der Waals surface area contributed by atoms with Crippen molar-refractivity contribution >= 4 is 11.6 Å². The molecule has 0 amide bonds. The third kappa shape index (κ3) is 4.51. The zero-order valence-electron chi connectivity index (χ0n) is 18.5. The number of anilines is 1. The van der Waals surface area contributed by atoms with Gasteiger partial charge in [0.2, 0.25) is 5.95 Å². The molecule has 0 radical (unpaired) electrons. The SMILES string of the molecule is CC(O)(c1ccc(F)cc1)C(F)(CF)CCOc1ccc(F)c(-c2ccn3nc(N)nc3c2)c1F. The third-order valence-electron chi connectivity index (χ3n) is 5.94. The van der Waals surface area contributed by atoms with Gasteiger partial charge in [0.1, 0.15) is 23.9 Å². The van der Waals surface area contributed by atoms with E-state index >= 15 is 8.78 Å². The highest BCUT2D eigenvalue weighted by Gasteiger charge is 2.49. The molecule has 2 atom stereocenters. The molecule has 0 aliphatic rings. The second-order valence-electron chi connectivity index (χ2n) is 8.20. The number of halogens is 5. The highest BCUT2D eigenvalue weighted by molar-refractivity contribution is 5.70. The number of ether oxygens (including phenoxy) is 1. The van der Waals surface area contributed by atoms with Gasteiger partial charge in [-0.15, -0.1) is 5.10 Å². The molecule has 0 saturated heterocycles. The van der Waals surface area contributed by atoms with Gasteiger partial charge in [-0.25, -0.2) is 26.5 Å². The smallest absolute Gasteiger partial charge is 0.240 e. The van der Waals surface area contributed by atoms with Crippen LogP contribution < -0.4 is 10.5 Å². The van der Waals surface area contributed by atoms with Crippen LogP contribution in [0.5, 0.6) is 5.75 Å². The van der Waals surface area contributed by atoms with Gasteiger partial charge in [-0.05, 0) is 54.4 Å². The van der Waals surface area contributed by atoms with Gasteiger partial charge in [0, 0.05) is 12.6 Å². The van der Waals surface area contributed by atoms with Crippen molar-refractivity contribution in [2.24, 2.45) is 0 Å². The molecule has 0 saturated carbocycles. The molecular weight excluding hydrogens is 471 g/mol. The number of alkyl halides is 2. The highest BCUT2D eigenvalue weighted by Crippen LogP contribution is 2.40. The zero-order chi connectivity index (χ0) is 25.4. The van der Waals surface area contributed by atoms with Crippen LogP contribution in [0.3, 0.4) is 0 Å². The molecule has 4 rings (SSSR count). The average molecular weight is 492 g/mol. The Labute approximate surface area is 196 Å².